The van der Waals surface area contributed by atoms with Crippen molar-refractivity contribution in [2.24, 2.45) is 4.99 Å². The molecule has 0 amide bonds. The molecule has 8 heteroatoms. The summed E-state index contributed by atoms with van der Waals surface area (Å²) in [6.45, 7) is 5.62. The molecule has 2 rings (SSSR count). The normalized spacial score (nSPS) is 18.3. The standard InChI is InChI=1S/C15H27N5O3/c1-12-19-14(23-20-12)6-8-18-15(16-2)17-7-4-9-21-11-13-5-3-10-22-13/h13H,3-11H2,1-2H3,(H2,16,17,18). The van der Waals surface area contributed by atoms with Crippen LogP contribution in [-0.4, -0.2) is 62.2 Å². The molecule has 2 N–H and O–H groups in total. The van der Waals surface area contributed by atoms with Gasteiger partial charge in [-0.25, -0.2) is 0 Å². The van der Waals surface area contributed by atoms with Crippen LogP contribution in [0.15, 0.2) is 9.52 Å². The van der Waals surface area contributed by atoms with E-state index in [1.807, 2.05) is 6.92 Å². The Morgan fingerprint density at radius 2 is 2.26 bits per heavy atom. The lowest BCUT2D eigenvalue weighted by atomic mass is 10.2. The van der Waals surface area contributed by atoms with Crippen molar-refractivity contribution < 1.29 is 14.0 Å². The molecule has 0 aromatic carbocycles. The highest BCUT2D eigenvalue weighted by Crippen LogP contribution is 2.11. The Morgan fingerprint density at radius 3 is 2.96 bits per heavy atom. The predicted octanol–water partition coefficient (Wildman–Crippen LogP) is 0.671. The van der Waals surface area contributed by atoms with Gasteiger partial charge >= 0.3 is 0 Å². The number of nitrogens with zero attached hydrogens (tertiary/aromatic N) is 3. The fourth-order valence-corrected chi connectivity index (χ4v) is 2.32. The Balaban J connectivity index is 1.47. The average molecular weight is 325 g/mol. The quantitative estimate of drug-likeness (QED) is 0.391. The fourth-order valence-electron chi connectivity index (χ4n) is 2.32. The summed E-state index contributed by atoms with van der Waals surface area (Å²) in [7, 11) is 1.75. The molecule has 1 aliphatic rings. The second-order valence-electron chi connectivity index (χ2n) is 5.47. The van der Waals surface area contributed by atoms with Crippen LogP contribution < -0.4 is 10.6 Å². The second kappa shape index (κ2) is 10.2. The molecular formula is C15H27N5O3. The van der Waals surface area contributed by atoms with Gasteiger partial charge in [-0.05, 0) is 26.2 Å². The molecule has 8 nitrogen and oxygen atoms in total. The zero-order valence-corrected chi connectivity index (χ0v) is 14.0. The lowest BCUT2D eigenvalue weighted by Gasteiger charge is -2.12. The lowest BCUT2D eigenvalue weighted by molar-refractivity contribution is 0.0168. The number of aryl methyl sites for hydroxylation is 1. The predicted molar refractivity (Wildman–Crippen MR) is 86.5 cm³/mol. The molecule has 1 aromatic rings. The topological polar surface area (TPSA) is 93.8 Å². The third-order valence-electron chi connectivity index (χ3n) is 3.51. The minimum atomic E-state index is 0.297. The number of aromatic nitrogens is 2. The van der Waals surface area contributed by atoms with Crippen LogP contribution in [0.25, 0.3) is 0 Å². The van der Waals surface area contributed by atoms with Crippen molar-refractivity contribution in [2.75, 3.05) is 40.0 Å². The first kappa shape index (κ1) is 17.7. The summed E-state index contributed by atoms with van der Waals surface area (Å²) in [6.07, 6.45) is 4.17. The molecule has 1 aromatic heterocycles. The summed E-state index contributed by atoms with van der Waals surface area (Å²) in [5.41, 5.74) is 0. The Kier molecular flexibility index (Phi) is 7.82. The van der Waals surface area contributed by atoms with Gasteiger partial charge in [0.2, 0.25) is 5.89 Å². The zero-order valence-electron chi connectivity index (χ0n) is 14.0. The largest absolute Gasteiger partial charge is 0.379 e. The lowest BCUT2D eigenvalue weighted by Crippen LogP contribution is -2.39. The van der Waals surface area contributed by atoms with Gasteiger partial charge in [0.15, 0.2) is 11.8 Å². The number of hydrogen-bond acceptors (Lipinski definition) is 6. The Bertz CT molecular complexity index is 471. The Hall–Kier alpha value is -1.67. The molecule has 0 aliphatic carbocycles. The minimum absolute atomic E-state index is 0.297. The van der Waals surface area contributed by atoms with Gasteiger partial charge in [-0.2, -0.15) is 4.98 Å². The number of ether oxygens (including phenoxy) is 2. The summed E-state index contributed by atoms with van der Waals surface area (Å²) in [6, 6.07) is 0. The van der Waals surface area contributed by atoms with Gasteiger partial charge in [-0.15, -0.1) is 0 Å². The van der Waals surface area contributed by atoms with Gasteiger partial charge in [0.1, 0.15) is 0 Å². The summed E-state index contributed by atoms with van der Waals surface area (Å²) >= 11 is 0. The number of guanidine groups is 1. The fraction of sp³-hybridized carbons (Fsp3) is 0.800. The third kappa shape index (κ3) is 6.96. The first-order valence-electron chi connectivity index (χ1n) is 8.21. The van der Waals surface area contributed by atoms with Crippen LogP contribution in [0.2, 0.25) is 0 Å². The van der Waals surface area contributed by atoms with E-state index in [2.05, 4.69) is 25.8 Å². The second-order valence-corrected chi connectivity index (χ2v) is 5.47. The van der Waals surface area contributed by atoms with Crippen LogP contribution in [-0.2, 0) is 15.9 Å². The molecule has 1 unspecified atom stereocenters. The molecule has 130 valence electrons. The van der Waals surface area contributed by atoms with E-state index in [0.717, 1.165) is 45.0 Å². The van der Waals surface area contributed by atoms with Gasteiger partial charge in [0, 0.05) is 39.8 Å². The highest BCUT2D eigenvalue weighted by molar-refractivity contribution is 5.79. The van der Waals surface area contributed by atoms with E-state index in [4.69, 9.17) is 14.0 Å². The van der Waals surface area contributed by atoms with E-state index in [1.54, 1.807) is 7.05 Å². The van der Waals surface area contributed by atoms with E-state index in [0.29, 0.717) is 37.4 Å². The first-order chi connectivity index (χ1) is 11.3. The van der Waals surface area contributed by atoms with E-state index in [-0.39, 0.29) is 0 Å². The molecule has 1 atom stereocenters. The van der Waals surface area contributed by atoms with Crippen LogP contribution in [0.4, 0.5) is 0 Å². The molecule has 0 spiro atoms. The maximum Gasteiger partial charge on any atom is 0.228 e. The molecule has 0 bridgehead atoms. The molecule has 23 heavy (non-hydrogen) atoms. The van der Waals surface area contributed by atoms with Crippen molar-refractivity contribution in [3.63, 3.8) is 0 Å². The number of aliphatic imine (C=N–C) groups is 1. The first-order valence-corrected chi connectivity index (χ1v) is 8.21. The summed E-state index contributed by atoms with van der Waals surface area (Å²) < 4.78 is 16.2. The van der Waals surface area contributed by atoms with Gasteiger partial charge in [-0.1, -0.05) is 5.16 Å². The SMILES string of the molecule is CN=C(NCCCOCC1CCCO1)NCCc1nc(C)no1. The van der Waals surface area contributed by atoms with Crippen LogP contribution in [0.3, 0.4) is 0 Å². The van der Waals surface area contributed by atoms with Crippen LogP contribution >= 0.6 is 0 Å². The van der Waals surface area contributed by atoms with Gasteiger partial charge < -0.3 is 24.6 Å². The van der Waals surface area contributed by atoms with Gasteiger partial charge in [0.05, 0.1) is 12.7 Å². The summed E-state index contributed by atoms with van der Waals surface area (Å²) in [5.74, 6) is 2.05. The van der Waals surface area contributed by atoms with Crippen molar-refractivity contribution in [1.82, 2.24) is 20.8 Å². The maximum atomic E-state index is 5.62. The van der Waals surface area contributed by atoms with Crippen molar-refractivity contribution in [3.05, 3.63) is 11.7 Å². The smallest absolute Gasteiger partial charge is 0.228 e. The molecule has 2 heterocycles. The van der Waals surface area contributed by atoms with E-state index >= 15 is 0 Å². The molecule has 1 fully saturated rings. The molecule has 0 saturated carbocycles. The molecule has 1 aliphatic heterocycles. The molecule has 1 saturated heterocycles. The monoisotopic (exact) mass is 325 g/mol. The summed E-state index contributed by atoms with van der Waals surface area (Å²) in [4.78, 5) is 8.33. The van der Waals surface area contributed by atoms with E-state index in [9.17, 15) is 0 Å². The molecular weight excluding hydrogens is 298 g/mol. The van der Waals surface area contributed by atoms with Crippen LogP contribution in [0, 0.1) is 6.92 Å². The van der Waals surface area contributed by atoms with Gasteiger partial charge in [0.25, 0.3) is 0 Å². The van der Waals surface area contributed by atoms with Crippen molar-refractivity contribution >= 4 is 5.96 Å². The van der Waals surface area contributed by atoms with E-state index in [1.165, 1.54) is 0 Å². The molecule has 0 radical (unpaired) electrons. The Labute approximate surface area is 137 Å². The summed E-state index contributed by atoms with van der Waals surface area (Å²) in [5, 5.41) is 10.2. The minimum Gasteiger partial charge on any atom is -0.379 e. The number of hydrogen-bond donors (Lipinski definition) is 2. The van der Waals surface area contributed by atoms with Crippen LogP contribution in [0.1, 0.15) is 31.0 Å². The van der Waals surface area contributed by atoms with Gasteiger partial charge in [-0.3, -0.25) is 4.99 Å². The van der Waals surface area contributed by atoms with Crippen molar-refractivity contribution in [1.29, 1.82) is 0 Å². The Morgan fingerprint density at radius 1 is 1.39 bits per heavy atom. The highest BCUT2D eigenvalue weighted by atomic mass is 16.5. The van der Waals surface area contributed by atoms with Crippen LogP contribution in [0.5, 0.6) is 0 Å². The van der Waals surface area contributed by atoms with E-state index < -0.39 is 0 Å². The maximum absolute atomic E-state index is 5.62. The average Bonchev–Trinajstić information content (AvgIpc) is 3.20. The van der Waals surface area contributed by atoms with Crippen molar-refractivity contribution in [3.8, 4) is 0 Å². The highest BCUT2D eigenvalue weighted by Gasteiger charge is 2.14. The number of rotatable bonds is 9. The third-order valence-corrected chi connectivity index (χ3v) is 3.51. The van der Waals surface area contributed by atoms with Crippen molar-refractivity contribution in [2.45, 2.75) is 38.7 Å². The number of nitrogens with one attached hydrogen (secondary N) is 2. The zero-order chi connectivity index (χ0) is 16.3.